The van der Waals surface area contributed by atoms with Crippen LogP contribution in [0.15, 0.2) is 53.4 Å². The summed E-state index contributed by atoms with van der Waals surface area (Å²) in [6, 6.07) is 15.9. The van der Waals surface area contributed by atoms with E-state index in [0.717, 1.165) is 17.5 Å². The highest BCUT2D eigenvalue weighted by Crippen LogP contribution is 2.41. The molecule has 1 amide bonds. The zero-order chi connectivity index (χ0) is 20.6. The Morgan fingerprint density at radius 3 is 2.38 bits per heavy atom. The van der Waals surface area contributed by atoms with Crippen LogP contribution in [0, 0.1) is 19.8 Å². The van der Waals surface area contributed by atoms with Gasteiger partial charge in [0.1, 0.15) is 0 Å². The number of hydrogen-bond acceptors (Lipinski definition) is 3. The molecular formula is C23H28N2O3S. The molecule has 1 N–H and O–H groups in total. The third-order valence-electron chi connectivity index (χ3n) is 6.12. The van der Waals surface area contributed by atoms with E-state index >= 15 is 0 Å². The molecule has 2 aromatic rings. The summed E-state index contributed by atoms with van der Waals surface area (Å²) in [5.74, 6) is 0.361. The molecule has 4 rings (SSSR count). The Morgan fingerprint density at radius 2 is 1.72 bits per heavy atom. The van der Waals surface area contributed by atoms with Crippen LogP contribution in [0.25, 0.3) is 0 Å². The zero-order valence-electron chi connectivity index (χ0n) is 17.0. The highest BCUT2D eigenvalue weighted by molar-refractivity contribution is 7.89. The molecule has 0 radical (unpaired) electrons. The van der Waals surface area contributed by atoms with E-state index in [4.69, 9.17) is 0 Å². The fourth-order valence-electron chi connectivity index (χ4n) is 4.31. The molecule has 1 saturated carbocycles. The molecule has 1 aliphatic carbocycles. The number of piperidine rings is 1. The minimum absolute atomic E-state index is 0.0667. The van der Waals surface area contributed by atoms with E-state index < -0.39 is 10.0 Å². The van der Waals surface area contributed by atoms with Crippen LogP contribution in [0.2, 0.25) is 0 Å². The normalized spacial score (nSPS) is 23.0. The molecule has 1 heterocycles. The lowest BCUT2D eigenvalue weighted by Crippen LogP contribution is -2.43. The molecule has 29 heavy (non-hydrogen) atoms. The summed E-state index contributed by atoms with van der Waals surface area (Å²) < 4.78 is 27.5. The summed E-state index contributed by atoms with van der Waals surface area (Å²) in [4.78, 5) is 13.0. The average molecular weight is 413 g/mol. The Morgan fingerprint density at radius 1 is 1.03 bits per heavy atom. The van der Waals surface area contributed by atoms with Gasteiger partial charge >= 0.3 is 0 Å². The number of nitrogens with one attached hydrogen (secondary N) is 1. The van der Waals surface area contributed by atoms with Crippen molar-refractivity contribution in [3.05, 3.63) is 65.2 Å². The van der Waals surface area contributed by atoms with Gasteiger partial charge in [-0.25, -0.2) is 8.42 Å². The molecule has 5 nitrogen and oxygen atoms in total. The standard InChI is InChI=1S/C23H28N2O3S/c1-16-8-9-22(17(2)14-16)29(27,28)25-12-10-19(11-13-25)23(26)24-21-15-20(21)18-6-4-3-5-7-18/h3-9,14,19-21H,10-13,15H2,1-2H3,(H,24,26)/t20-,21?/m1/s1. The third-order valence-corrected chi connectivity index (χ3v) is 8.18. The highest BCUT2D eigenvalue weighted by atomic mass is 32.2. The van der Waals surface area contributed by atoms with E-state index in [0.29, 0.717) is 36.7 Å². The van der Waals surface area contributed by atoms with Crippen molar-refractivity contribution in [3.8, 4) is 0 Å². The first-order chi connectivity index (χ1) is 13.9. The number of rotatable bonds is 5. The molecule has 1 aliphatic heterocycles. The molecule has 154 valence electrons. The summed E-state index contributed by atoms with van der Waals surface area (Å²) in [5, 5.41) is 3.17. The van der Waals surface area contributed by atoms with E-state index in [1.165, 1.54) is 9.87 Å². The molecule has 1 saturated heterocycles. The van der Waals surface area contributed by atoms with Gasteiger partial charge in [-0.1, -0.05) is 48.0 Å². The summed E-state index contributed by atoms with van der Waals surface area (Å²) in [7, 11) is -3.51. The summed E-state index contributed by atoms with van der Waals surface area (Å²) in [6.45, 7) is 4.57. The maximum Gasteiger partial charge on any atom is 0.243 e. The second-order valence-electron chi connectivity index (χ2n) is 8.32. The van der Waals surface area contributed by atoms with Crippen molar-refractivity contribution in [2.24, 2.45) is 5.92 Å². The van der Waals surface area contributed by atoms with Gasteiger partial charge in [0.05, 0.1) is 4.90 Å². The van der Waals surface area contributed by atoms with Crippen molar-refractivity contribution in [3.63, 3.8) is 0 Å². The van der Waals surface area contributed by atoms with E-state index in [-0.39, 0.29) is 17.9 Å². The van der Waals surface area contributed by atoms with Crippen LogP contribution in [0.3, 0.4) is 0 Å². The Hall–Kier alpha value is -2.18. The quantitative estimate of drug-likeness (QED) is 0.819. The van der Waals surface area contributed by atoms with Crippen LogP contribution in [-0.2, 0) is 14.8 Å². The lowest BCUT2D eigenvalue weighted by atomic mass is 9.97. The second kappa shape index (κ2) is 7.92. The lowest BCUT2D eigenvalue weighted by molar-refractivity contribution is -0.126. The first kappa shape index (κ1) is 20.1. The van der Waals surface area contributed by atoms with Gasteiger partial charge in [0.2, 0.25) is 15.9 Å². The predicted molar refractivity (Wildman–Crippen MR) is 113 cm³/mol. The van der Waals surface area contributed by atoms with Crippen LogP contribution >= 0.6 is 0 Å². The second-order valence-corrected chi connectivity index (χ2v) is 10.2. The fraction of sp³-hybridized carbons (Fsp3) is 0.435. The molecular weight excluding hydrogens is 384 g/mol. The van der Waals surface area contributed by atoms with Crippen molar-refractivity contribution < 1.29 is 13.2 Å². The van der Waals surface area contributed by atoms with Crippen LogP contribution in [0.1, 0.15) is 41.9 Å². The fourth-order valence-corrected chi connectivity index (χ4v) is 5.99. The van der Waals surface area contributed by atoms with E-state index in [1.807, 2.05) is 44.2 Å². The predicted octanol–water partition coefficient (Wildman–Crippen LogP) is 3.38. The van der Waals surface area contributed by atoms with Gasteiger partial charge in [-0.2, -0.15) is 4.31 Å². The van der Waals surface area contributed by atoms with Crippen LogP contribution < -0.4 is 5.32 Å². The largest absolute Gasteiger partial charge is 0.352 e. The van der Waals surface area contributed by atoms with Gasteiger partial charge in [-0.15, -0.1) is 0 Å². The Labute approximate surface area is 173 Å². The molecule has 2 aliphatic rings. The van der Waals surface area contributed by atoms with Crippen molar-refractivity contribution in [2.75, 3.05) is 13.1 Å². The number of sulfonamides is 1. The highest BCUT2D eigenvalue weighted by Gasteiger charge is 2.41. The van der Waals surface area contributed by atoms with Gasteiger partial charge < -0.3 is 5.32 Å². The maximum absolute atomic E-state index is 13.0. The minimum atomic E-state index is -3.51. The molecule has 6 heteroatoms. The number of amides is 1. The Kier molecular flexibility index (Phi) is 5.49. The summed E-state index contributed by atoms with van der Waals surface area (Å²) >= 11 is 0. The van der Waals surface area contributed by atoms with E-state index in [2.05, 4.69) is 17.4 Å². The smallest absolute Gasteiger partial charge is 0.243 e. The van der Waals surface area contributed by atoms with Gasteiger partial charge in [0, 0.05) is 31.0 Å². The van der Waals surface area contributed by atoms with Crippen LogP contribution in [0.5, 0.6) is 0 Å². The number of aryl methyl sites for hydroxylation is 2. The zero-order valence-corrected chi connectivity index (χ0v) is 17.8. The first-order valence-electron chi connectivity index (χ1n) is 10.3. The number of carbonyl (C=O) groups is 1. The molecule has 1 unspecified atom stereocenters. The monoisotopic (exact) mass is 412 g/mol. The van der Waals surface area contributed by atoms with E-state index in [9.17, 15) is 13.2 Å². The van der Waals surface area contributed by atoms with Crippen molar-refractivity contribution in [1.29, 1.82) is 0 Å². The summed E-state index contributed by atoms with van der Waals surface area (Å²) in [5.41, 5.74) is 3.09. The van der Waals surface area contributed by atoms with Crippen molar-refractivity contribution >= 4 is 15.9 Å². The third kappa shape index (κ3) is 4.23. The molecule has 0 bridgehead atoms. The van der Waals surface area contributed by atoms with Crippen LogP contribution in [0.4, 0.5) is 0 Å². The number of hydrogen-bond donors (Lipinski definition) is 1. The number of carbonyl (C=O) groups excluding carboxylic acids is 1. The molecule has 0 aromatic heterocycles. The Bertz CT molecular complexity index is 996. The SMILES string of the molecule is Cc1ccc(S(=O)(=O)N2CCC(C(=O)NC3C[C@@H]3c3ccccc3)CC2)c(C)c1. The lowest BCUT2D eigenvalue weighted by Gasteiger charge is -2.31. The van der Waals surface area contributed by atoms with Crippen molar-refractivity contribution in [1.82, 2.24) is 9.62 Å². The maximum atomic E-state index is 13.0. The number of nitrogens with zero attached hydrogens (tertiary/aromatic N) is 1. The topological polar surface area (TPSA) is 66.5 Å². The minimum Gasteiger partial charge on any atom is -0.352 e. The first-order valence-corrected chi connectivity index (χ1v) is 11.7. The number of benzene rings is 2. The van der Waals surface area contributed by atoms with Gasteiger partial charge in [-0.05, 0) is 50.3 Å². The van der Waals surface area contributed by atoms with E-state index in [1.54, 1.807) is 6.07 Å². The van der Waals surface area contributed by atoms with Gasteiger partial charge in [-0.3, -0.25) is 4.79 Å². The van der Waals surface area contributed by atoms with Gasteiger partial charge in [0.15, 0.2) is 0 Å². The summed E-state index contributed by atoms with van der Waals surface area (Å²) in [6.07, 6.45) is 2.12. The molecule has 0 spiro atoms. The van der Waals surface area contributed by atoms with Crippen molar-refractivity contribution in [2.45, 2.75) is 50.0 Å². The molecule has 2 fully saturated rings. The van der Waals surface area contributed by atoms with Crippen LogP contribution in [-0.4, -0.2) is 37.8 Å². The molecule has 2 aromatic carbocycles. The Balaban J connectivity index is 1.33. The van der Waals surface area contributed by atoms with Gasteiger partial charge in [0.25, 0.3) is 0 Å². The average Bonchev–Trinajstić information content (AvgIpc) is 3.47. The molecule has 2 atom stereocenters.